The highest BCUT2D eigenvalue weighted by Crippen LogP contribution is 2.21. The van der Waals surface area contributed by atoms with E-state index in [0.717, 1.165) is 24.2 Å². The molecule has 1 heterocycles. The number of hydrogen-bond donors (Lipinski definition) is 1. The van der Waals surface area contributed by atoms with E-state index in [2.05, 4.69) is 0 Å². The van der Waals surface area contributed by atoms with E-state index in [1.165, 1.54) is 0 Å². The Balaban J connectivity index is 1.88. The lowest BCUT2D eigenvalue weighted by atomic mass is 10.1. The molecule has 2 rings (SSSR count). The molecule has 0 radical (unpaired) electrons. The highest BCUT2D eigenvalue weighted by atomic mass is 32.2. The first-order valence-corrected chi connectivity index (χ1v) is 10.1. The Labute approximate surface area is 159 Å². The second kappa shape index (κ2) is 9.83. The van der Waals surface area contributed by atoms with E-state index >= 15 is 0 Å². The molecule has 6 nitrogen and oxygen atoms in total. The number of carbonyl (C=O) groups excluding carboxylic acids is 1. The third-order valence-electron chi connectivity index (χ3n) is 4.74. The number of likely N-dealkylation sites (N-methyl/N-ethyl adjacent to an activating group) is 1. The van der Waals surface area contributed by atoms with Crippen LogP contribution in [0.15, 0.2) is 29.2 Å². The number of likely N-dealkylation sites (tertiary alicyclic amines) is 1. The van der Waals surface area contributed by atoms with E-state index in [0.29, 0.717) is 18.8 Å². The first kappa shape index (κ1) is 20.6. The number of benzene rings is 1. The van der Waals surface area contributed by atoms with Gasteiger partial charge in [-0.25, -0.2) is 0 Å². The second-order valence-electron chi connectivity index (χ2n) is 6.65. The van der Waals surface area contributed by atoms with Gasteiger partial charge in [0.05, 0.1) is 6.54 Å². The summed E-state index contributed by atoms with van der Waals surface area (Å²) in [7, 11) is 1.83. The predicted octanol–water partition coefficient (Wildman–Crippen LogP) is 2.57. The first-order valence-electron chi connectivity index (χ1n) is 8.92. The van der Waals surface area contributed by atoms with E-state index < -0.39 is 12.1 Å². The van der Waals surface area contributed by atoms with Gasteiger partial charge in [0.2, 0.25) is 0 Å². The third kappa shape index (κ3) is 5.92. The number of amides is 1. The fourth-order valence-electron chi connectivity index (χ4n) is 3.25. The minimum atomic E-state index is -0.820. The number of carboxylic acids is 1. The van der Waals surface area contributed by atoms with Crippen LogP contribution in [-0.4, -0.2) is 71.9 Å². The second-order valence-corrected chi connectivity index (χ2v) is 7.53. The molecule has 0 saturated carbocycles. The topological polar surface area (TPSA) is 70.1 Å². The maximum absolute atomic E-state index is 12.7. The van der Waals surface area contributed by atoms with E-state index in [-0.39, 0.29) is 18.5 Å². The fraction of sp³-hybridized carbons (Fsp3) is 0.579. The van der Waals surface area contributed by atoms with Crippen LogP contribution in [0.2, 0.25) is 0 Å². The summed E-state index contributed by atoms with van der Waals surface area (Å²) < 4.78 is 5.81. The highest BCUT2D eigenvalue weighted by molar-refractivity contribution is 7.98. The smallest absolute Gasteiger partial charge is 0.317 e. The summed E-state index contributed by atoms with van der Waals surface area (Å²) in [5.41, 5.74) is 0. The zero-order valence-electron chi connectivity index (χ0n) is 15.7. The van der Waals surface area contributed by atoms with Crippen molar-refractivity contribution in [2.75, 3.05) is 32.9 Å². The van der Waals surface area contributed by atoms with Crippen LogP contribution in [0.1, 0.15) is 26.2 Å². The maximum atomic E-state index is 12.7. The number of carboxylic acid groups (broad SMARTS) is 1. The zero-order valence-corrected chi connectivity index (χ0v) is 16.5. The molecule has 0 aliphatic carbocycles. The van der Waals surface area contributed by atoms with E-state index in [4.69, 9.17) is 9.84 Å². The molecule has 1 fully saturated rings. The first-order chi connectivity index (χ1) is 12.4. The van der Waals surface area contributed by atoms with Crippen molar-refractivity contribution in [2.45, 2.75) is 43.2 Å². The van der Waals surface area contributed by atoms with Gasteiger partial charge in [-0.15, -0.1) is 11.8 Å². The molecule has 2 atom stereocenters. The summed E-state index contributed by atoms with van der Waals surface area (Å²) in [5.74, 6) is -0.141. The van der Waals surface area contributed by atoms with Gasteiger partial charge < -0.3 is 14.7 Å². The molecule has 1 saturated heterocycles. The van der Waals surface area contributed by atoms with Crippen molar-refractivity contribution in [2.24, 2.45) is 0 Å². The normalized spacial score (nSPS) is 19.1. The van der Waals surface area contributed by atoms with Crippen molar-refractivity contribution in [3.8, 4) is 5.75 Å². The molecule has 7 heteroatoms. The fourth-order valence-corrected chi connectivity index (χ4v) is 3.66. The monoisotopic (exact) mass is 380 g/mol. The van der Waals surface area contributed by atoms with Gasteiger partial charge in [0.25, 0.3) is 5.91 Å². The van der Waals surface area contributed by atoms with Gasteiger partial charge in [-0.05, 0) is 63.8 Å². The summed E-state index contributed by atoms with van der Waals surface area (Å²) >= 11 is 1.66. The molecule has 26 heavy (non-hydrogen) atoms. The van der Waals surface area contributed by atoms with Gasteiger partial charge in [0.1, 0.15) is 5.75 Å². The summed E-state index contributed by atoms with van der Waals surface area (Å²) in [6.45, 7) is 3.13. The van der Waals surface area contributed by atoms with Crippen LogP contribution >= 0.6 is 11.8 Å². The number of rotatable bonds is 7. The van der Waals surface area contributed by atoms with Crippen molar-refractivity contribution in [1.29, 1.82) is 0 Å². The lowest BCUT2D eigenvalue weighted by Gasteiger charge is -2.26. The number of nitrogens with zero attached hydrogens (tertiary/aromatic N) is 2. The molecule has 0 spiro atoms. The minimum absolute atomic E-state index is 0.0134. The number of ether oxygens (including phenoxy) is 1. The summed E-state index contributed by atoms with van der Waals surface area (Å²) in [6, 6.07) is 7.92. The average molecular weight is 381 g/mol. The zero-order chi connectivity index (χ0) is 19.1. The molecule has 1 N–H and O–H groups in total. The van der Waals surface area contributed by atoms with Crippen molar-refractivity contribution in [3.63, 3.8) is 0 Å². The largest absolute Gasteiger partial charge is 0.481 e. The van der Waals surface area contributed by atoms with Crippen LogP contribution in [0.4, 0.5) is 0 Å². The molecule has 1 amide bonds. The standard InChI is InChI=1S/C19H28N2O4S/c1-14(25-16-6-8-17(26-3)9-7-16)19(24)21-11-4-5-15(10-12-21)20(2)13-18(22)23/h6-9,14-15H,4-5,10-13H2,1-3H3,(H,22,23). The Kier molecular flexibility index (Phi) is 7.78. The van der Waals surface area contributed by atoms with Crippen LogP contribution in [0, 0.1) is 0 Å². The Bertz CT molecular complexity index is 608. The Morgan fingerprint density at radius 1 is 1.31 bits per heavy atom. The van der Waals surface area contributed by atoms with Crippen LogP contribution in [0.25, 0.3) is 0 Å². The summed E-state index contributed by atoms with van der Waals surface area (Å²) in [5, 5.41) is 8.95. The van der Waals surface area contributed by atoms with Gasteiger partial charge in [0, 0.05) is 24.0 Å². The van der Waals surface area contributed by atoms with Crippen molar-refractivity contribution < 1.29 is 19.4 Å². The molecule has 1 aliphatic rings. The van der Waals surface area contributed by atoms with Crippen LogP contribution in [0.3, 0.4) is 0 Å². The van der Waals surface area contributed by atoms with E-state index in [9.17, 15) is 9.59 Å². The summed E-state index contributed by atoms with van der Waals surface area (Å²) in [4.78, 5) is 28.5. The molecule has 2 unspecified atom stereocenters. The SMILES string of the molecule is CSc1ccc(OC(C)C(=O)N2CCCC(N(C)CC(=O)O)CC2)cc1. The number of hydrogen-bond acceptors (Lipinski definition) is 5. The average Bonchev–Trinajstić information content (AvgIpc) is 2.87. The highest BCUT2D eigenvalue weighted by Gasteiger charge is 2.27. The summed E-state index contributed by atoms with van der Waals surface area (Å²) in [6.07, 6.45) is 4.03. The Morgan fingerprint density at radius 3 is 2.62 bits per heavy atom. The van der Waals surface area contributed by atoms with Gasteiger partial charge in [-0.3, -0.25) is 14.5 Å². The van der Waals surface area contributed by atoms with E-state index in [1.807, 2.05) is 47.4 Å². The molecule has 0 aromatic heterocycles. The molecule has 0 bridgehead atoms. The lowest BCUT2D eigenvalue weighted by molar-refractivity contribution is -0.139. The van der Waals surface area contributed by atoms with Crippen molar-refractivity contribution in [1.82, 2.24) is 9.80 Å². The quantitative estimate of drug-likeness (QED) is 0.733. The molecular weight excluding hydrogens is 352 g/mol. The Morgan fingerprint density at radius 2 is 2.00 bits per heavy atom. The number of thioether (sulfide) groups is 1. The molecule has 1 aromatic carbocycles. The van der Waals surface area contributed by atoms with Crippen LogP contribution in [0.5, 0.6) is 5.75 Å². The van der Waals surface area contributed by atoms with Crippen molar-refractivity contribution >= 4 is 23.6 Å². The number of carbonyl (C=O) groups is 2. The van der Waals surface area contributed by atoms with Crippen molar-refractivity contribution in [3.05, 3.63) is 24.3 Å². The predicted molar refractivity (Wildman–Crippen MR) is 103 cm³/mol. The van der Waals surface area contributed by atoms with Crippen LogP contribution < -0.4 is 4.74 Å². The van der Waals surface area contributed by atoms with Gasteiger partial charge in [0.15, 0.2) is 6.10 Å². The van der Waals surface area contributed by atoms with Gasteiger partial charge in [-0.1, -0.05) is 0 Å². The Hall–Kier alpha value is -1.73. The van der Waals surface area contributed by atoms with E-state index in [1.54, 1.807) is 18.7 Å². The third-order valence-corrected chi connectivity index (χ3v) is 5.48. The van der Waals surface area contributed by atoms with Gasteiger partial charge >= 0.3 is 5.97 Å². The maximum Gasteiger partial charge on any atom is 0.317 e. The molecule has 1 aliphatic heterocycles. The minimum Gasteiger partial charge on any atom is -0.481 e. The molecule has 1 aromatic rings. The van der Waals surface area contributed by atoms with Crippen LogP contribution in [-0.2, 0) is 9.59 Å². The molecular formula is C19H28N2O4S. The molecule has 144 valence electrons. The lowest BCUT2D eigenvalue weighted by Crippen LogP contribution is -2.42. The van der Waals surface area contributed by atoms with Gasteiger partial charge in [-0.2, -0.15) is 0 Å². The number of aliphatic carboxylic acids is 1.